The lowest BCUT2D eigenvalue weighted by Gasteiger charge is -2.14. The molecule has 7 heteroatoms. The van der Waals surface area contributed by atoms with Gasteiger partial charge in [-0.3, -0.25) is 4.79 Å². The minimum Gasteiger partial charge on any atom is -0.353 e. The van der Waals surface area contributed by atoms with Gasteiger partial charge in [-0.15, -0.1) is 10.2 Å². The fourth-order valence-electron chi connectivity index (χ4n) is 1.75. The molecule has 0 aliphatic heterocycles. The Kier molecular flexibility index (Phi) is 7.01. The topological polar surface area (TPSA) is 85.8 Å². The number of carbonyl (C=O) groups excluding carboxylic acids is 1. The quantitative estimate of drug-likeness (QED) is 0.707. The van der Waals surface area contributed by atoms with Crippen molar-refractivity contribution in [2.24, 2.45) is 18.7 Å². The average Bonchev–Trinajstić information content (AvgIpc) is 2.74. The summed E-state index contributed by atoms with van der Waals surface area (Å²) in [7, 11) is 1.85. The Bertz CT molecular complexity index is 432. The third kappa shape index (κ3) is 5.50. The number of hydrogen-bond acceptors (Lipinski definition) is 5. The summed E-state index contributed by atoms with van der Waals surface area (Å²) in [6.45, 7) is 6.77. The molecule has 1 unspecified atom stereocenters. The highest BCUT2D eigenvalue weighted by molar-refractivity contribution is 7.99. The second kappa shape index (κ2) is 8.26. The molecule has 1 aromatic heterocycles. The van der Waals surface area contributed by atoms with E-state index in [1.54, 1.807) is 0 Å². The number of nitrogens with one attached hydrogen (secondary N) is 1. The maximum absolute atomic E-state index is 11.8. The zero-order valence-corrected chi connectivity index (χ0v) is 13.5. The largest absolute Gasteiger partial charge is 0.353 e. The van der Waals surface area contributed by atoms with Gasteiger partial charge in [0.15, 0.2) is 5.16 Å². The van der Waals surface area contributed by atoms with Crippen LogP contribution in [-0.4, -0.2) is 32.5 Å². The molecule has 0 saturated heterocycles. The molecule has 1 rings (SSSR count). The van der Waals surface area contributed by atoms with E-state index in [1.807, 2.05) is 18.5 Å². The molecule has 3 N–H and O–H groups in total. The van der Waals surface area contributed by atoms with Crippen molar-refractivity contribution in [3.05, 3.63) is 5.82 Å². The van der Waals surface area contributed by atoms with Crippen molar-refractivity contribution in [1.82, 2.24) is 20.1 Å². The van der Waals surface area contributed by atoms with Crippen LogP contribution in [0.4, 0.5) is 0 Å². The van der Waals surface area contributed by atoms with Crippen LogP contribution in [0.15, 0.2) is 5.16 Å². The summed E-state index contributed by atoms with van der Waals surface area (Å²) in [5.74, 6) is 1.77. The van der Waals surface area contributed by atoms with Crippen LogP contribution in [-0.2, 0) is 18.4 Å². The van der Waals surface area contributed by atoms with Crippen LogP contribution in [0.5, 0.6) is 0 Å². The smallest absolute Gasteiger partial charge is 0.230 e. The highest BCUT2D eigenvalue weighted by Gasteiger charge is 2.12. The predicted octanol–water partition coefficient (Wildman–Crippen LogP) is 1.31. The Morgan fingerprint density at radius 3 is 2.60 bits per heavy atom. The van der Waals surface area contributed by atoms with Gasteiger partial charge in [-0.2, -0.15) is 0 Å². The molecular formula is C13H25N5OS. The van der Waals surface area contributed by atoms with E-state index < -0.39 is 0 Å². The summed E-state index contributed by atoms with van der Waals surface area (Å²) in [6, 6.07) is 0.213. The highest BCUT2D eigenvalue weighted by Crippen LogP contribution is 2.15. The van der Waals surface area contributed by atoms with Gasteiger partial charge < -0.3 is 15.6 Å². The normalized spacial score (nSPS) is 12.7. The summed E-state index contributed by atoms with van der Waals surface area (Å²) in [4.78, 5) is 11.8. The molecule has 0 aromatic carbocycles. The first-order chi connectivity index (χ1) is 9.43. The molecule has 0 aliphatic carbocycles. The van der Waals surface area contributed by atoms with E-state index in [0.29, 0.717) is 18.2 Å². The number of aromatic nitrogens is 3. The molecule has 1 atom stereocenters. The summed E-state index contributed by atoms with van der Waals surface area (Å²) in [5.41, 5.74) is 5.53. The van der Waals surface area contributed by atoms with Gasteiger partial charge in [0, 0.05) is 13.1 Å². The number of amides is 1. The maximum Gasteiger partial charge on any atom is 0.230 e. The molecule has 0 fully saturated rings. The fourth-order valence-corrected chi connectivity index (χ4v) is 2.49. The van der Waals surface area contributed by atoms with E-state index in [0.717, 1.165) is 23.8 Å². The number of nitrogens with two attached hydrogens (primary N) is 1. The number of carbonyl (C=O) groups is 1. The van der Waals surface area contributed by atoms with Crippen molar-refractivity contribution in [3.8, 4) is 0 Å². The van der Waals surface area contributed by atoms with Crippen molar-refractivity contribution >= 4 is 17.7 Å². The monoisotopic (exact) mass is 299 g/mol. The summed E-state index contributed by atoms with van der Waals surface area (Å²) >= 11 is 1.38. The summed E-state index contributed by atoms with van der Waals surface area (Å²) < 4.78 is 1.82. The van der Waals surface area contributed by atoms with Gasteiger partial charge in [-0.05, 0) is 25.7 Å². The molecule has 0 aliphatic rings. The SMILES string of the molecule is CC(C)CCC(C)NC(=O)CSc1nnc(CN)n1C. The Hall–Kier alpha value is -1.08. The minimum atomic E-state index is 0.0311. The van der Waals surface area contributed by atoms with Crippen molar-refractivity contribution in [1.29, 1.82) is 0 Å². The van der Waals surface area contributed by atoms with E-state index in [4.69, 9.17) is 5.73 Å². The maximum atomic E-state index is 11.8. The van der Waals surface area contributed by atoms with Gasteiger partial charge in [0.25, 0.3) is 0 Å². The Labute approximate surface area is 124 Å². The van der Waals surface area contributed by atoms with Gasteiger partial charge in [-0.1, -0.05) is 25.6 Å². The molecular weight excluding hydrogens is 274 g/mol. The van der Waals surface area contributed by atoms with Gasteiger partial charge in [-0.25, -0.2) is 0 Å². The Morgan fingerprint density at radius 1 is 1.35 bits per heavy atom. The summed E-state index contributed by atoms with van der Waals surface area (Å²) in [6.07, 6.45) is 2.13. The number of hydrogen-bond donors (Lipinski definition) is 2. The van der Waals surface area contributed by atoms with Gasteiger partial charge >= 0.3 is 0 Å². The zero-order chi connectivity index (χ0) is 15.1. The van der Waals surface area contributed by atoms with E-state index >= 15 is 0 Å². The molecule has 0 saturated carbocycles. The van der Waals surface area contributed by atoms with Crippen LogP contribution in [0.25, 0.3) is 0 Å². The molecule has 1 amide bonds. The van der Waals surface area contributed by atoms with Crippen LogP contribution in [0.3, 0.4) is 0 Å². The first kappa shape index (κ1) is 17.0. The fraction of sp³-hybridized carbons (Fsp3) is 0.769. The third-order valence-corrected chi connectivity index (χ3v) is 4.04. The Morgan fingerprint density at radius 2 is 2.05 bits per heavy atom. The molecule has 20 heavy (non-hydrogen) atoms. The number of thioether (sulfide) groups is 1. The third-order valence-electron chi connectivity index (χ3n) is 3.02. The second-order valence-corrected chi connectivity index (χ2v) is 6.33. The van der Waals surface area contributed by atoms with Crippen LogP contribution in [0, 0.1) is 5.92 Å². The zero-order valence-electron chi connectivity index (χ0n) is 12.7. The molecule has 6 nitrogen and oxygen atoms in total. The minimum absolute atomic E-state index is 0.0311. The number of rotatable bonds is 8. The van der Waals surface area contributed by atoms with Gasteiger partial charge in [0.1, 0.15) is 5.82 Å². The summed E-state index contributed by atoms with van der Waals surface area (Å²) in [5, 5.41) is 11.7. The molecule has 1 heterocycles. The van der Waals surface area contributed by atoms with Crippen LogP contribution >= 0.6 is 11.8 Å². The molecule has 0 radical (unpaired) electrons. The van der Waals surface area contributed by atoms with Crippen molar-refractivity contribution < 1.29 is 4.79 Å². The highest BCUT2D eigenvalue weighted by atomic mass is 32.2. The van der Waals surface area contributed by atoms with E-state index in [9.17, 15) is 4.79 Å². The Balaban J connectivity index is 2.34. The van der Waals surface area contributed by atoms with Crippen LogP contribution in [0.1, 0.15) is 39.4 Å². The molecule has 114 valence electrons. The first-order valence-electron chi connectivity index (χ1n) is 6.94. The van der Waals surface area contributed by atoms with E-state index in [1.165, 1.54) is 11.8 Å². The van der Waals surface area contributed by atoms with E-state index in [2.05, 4.69) is 29.4 Å². The van der Waals surface area contributed by atoms with Crippen LogP contribution in [0.2, 0.25) is 0 Å². The number of nitrogens with zero attached hydrogens (tertiary/aromatic N) is 3. The molecule has 1 aromatic rings. The first-order valence-corrected chi connectivity index (χ1v) is 7.93. The standard InChI is InChI=1S/C13H25N5OS/c1-9(2)5-6-10(3)15-12(19)8-20-13-17-16-11(7-14)18(13)4/h9-10H,5-8,14H2,1-4H3,(H,15,19). The average molecular weight is 299 g/mol. The lowest BCUT2D eigenvalue weighted by molar-refractivity contribution is -0.119. The van der Waals surface area contributed by atoms with Crippen molar-refractivity contribution in [2.45, 2.75) is 51.4 Å². The van der Waals surface area contributed by atoms with Gasteiger partial charge in [0.2, 0.25) is 5.91 Å². The molecule has 0 spiro atoms. The van der Waals surface area contributed by atoms with Crippen LogP contribution < -0.4 is 11.1 Å². The van der Waals surface area contributed by atoms with Gasteiger partial charge in [0.05, 0.1) is 12.3 Å². The van der Waals surface area contributed by atoms with Crippen molar-refractivity contribution in [3.63, 3.8) is 0 Å². The predicted molar refractivity (Wildman–Crippen MR) is 81.3 cm³/mol. The second-order valence-electron chi connectivity index (χ2n) is 5.39. The van der Waals surface area contributed by atoms with E-state index in [-0.39, 0.29) is 11.9 Å². The lowest BCUT2D eigenvalue weighted by Crippen LogP contribution is -2.34. The molecule has 0 bridgehead atoms. The lowest BCUT2D eigenvalue weighted by atomic mass is 10.0. The van der Waals surface area contributed by atoms with Crippen molar-refractivity contribution in [2.75, 3.05) is 5.75 Å².